The molecule has 0 atom stereocenters. The van der Waals surface area contributed by atoms with E-state index in [1.807, 2.05) is 4.90 Å². The number of hydrogen-bond donors (Lipinski definition) is 1. The lowest BCUT2D eigenvalue weighted by Gasteiger charge is -2.43. The third-order valence-corrected chi connectivity index (χ3v) is 3.40. The molecule has 4 nitrogen and oxygen atoms in total. The van der Waals surface area contributed by atoms with Gasteiger partial charge in [-0.15, -0.1) is 13.2 Å². The van der Waals surface area contributed by atoms with Crippen molar-refractivity contribution in [1.29, 1.82) is 0 Å². The second-order valence-electron chi connectivity index (χ2n) is 5.14. The van der Waals surface area contributed by atoms with E-state index >= 15 is 0 Å². The summed E-state index contributed by atoms with van der Waals surface area (Å²) in [5, 5.41) is 0. The standard InChI is InChI=1S/C11H22F3N3O/c1-10(2,9-15)17-5-3-16(4-6-17)7-8-18-11(12,13)14/h3-9,15H2,1-2H3. The summed E-state index contributed by atoms with van der Waals surface area (Å²) in [6, 6.07) is 0. The maximum atomic E-state index is 11.8. The lowest BCUT2D eigenvalue weighted by atomic mass is 10.0. The average Bonchev–Trinajstić information content (AvgIpc) is 2.28. The van der Waals surface area contributed by atoms with E-state index in [1.165, 1.54) is 0 Å². The molecule has 0 aliphatic carbocycles. The number of halogens is 3. The van der Waals surface area contributed by atoms with Gasteiger partial charge in [0.25, 0.3) is 0 Å². The Balaban J connectivity index is 2.24. The molecule has 0 aromatic rings. The highest BCUT2D eigenvalue weighted by molar-refractivity contribution is 4.86. The minimum absolute atomic E-state index is 0.0471. The van der Waals surface area contributed by atoms with Crippen molar-refractivity contribution in [2.24, 2.45) is 5.73 Å². The van der Waals surface area contributed by atoms with Crippen LogP contribution >= 0.6 is 0 Å². The Hall–Kier alpha value is -0.370. The van der Waals surface area contributed by atoms with E-state index in [-0.39, 0.29) is 12.1 Å². The fourth-order valence-electron chi connectivity index (χ4n) is 2.00. The zero-order valence-electron chi connectivity index (χ0n) is 11.0. The normalized spacial score (nSPS) is 20.3. The minimum atomic E-state index is -4.52. The lowest BCUT2D eigenvalue weighted by molar-refractivity contribution is -0.325. The first-order chi connectivity index (χ1) is 8.24. The number of alkyl halides is 3. The highest BCUT2D eigenvalue weighted by Gasteiger charge is 2.31. The molecule has 0 amide bonds. The van der Waals surface area contributed by atoms with Crippen molar-refractivity contribution in [1.82, 2.24) is 9.80 Å². The molecular formula is C11H22F3N3O. The van der Waals surface area contributed by atoms with Crippen molar-refractivity contribution < 1.29 is 17.9 Å². The van der Waals surface area contributed by atoms with Crippen LogP contribution in [0.5, 0.6) is 0 Å². The Morgan fingerprint density at radius 1 is 1.11 bits per heavy atom. The predicted octanol–water partition coefficient (Wildman–Crippen LogP) is 0.878. The molecule has 1 saturated heterocycles. The van der Waals surface area contributed by atoms with Crippen LogP contribution in [0.15, 0.2) is 0 Å². The molecule has 1 heterocycles. The monoisotopic (exact) mass is 269 g/mol. The molecule has 0 aromatic heterocycles. The van der Waals surface area contributed by atoms with Crippen molar-refractivity contribution in [2.75, 3.05) is 45.9 Å². The van der Waals surface area contributed by atoms with Gasteiger partial charge in [0, 0.05) is 44.8 Å². The SMILES string of the molecule is CC(C)(CN)N1CCN(CCOC(F)(F)F)CC1. The molecule has 1 aliphatic rings. The van der Waals surface area contributed by atoms with Crippen LogP contribution < -0.4 is 5.73 Å². The first kappa shape index (κ1) is 15.7. The van der Waals surface area contributed by atoms with E-state index in [4.69, 9.17) is 5.73 Å². The summed E-state index contributed by atoms with van der Waals surface area (Å²) in [5.74, 6) is 0. The molecule has 18 heavy (non-hydrogen) atoms. The highest BCUT2D eigenvalue weighted by atomic mass is 19.4. The van der Waals surface area contributed by atoms with Gasteiger partial charge in [0.1, 0.15) is 0 Å². The summed E-state index contributed by atoms with van der Waals surface area (Å²) >= 11 is 0. The van der Waals surface area contributed by atoms with Gasteiger partial charge in [0.05, 0.1) is 6.61 Å². The largest absolute Gasteiger partial charge is 0.522 e. The summed E-state index contributed by atoms with van der Waals surface area (Å²) in [6.07, 6.45) is -4.52. The number of hydrogen-bond acceptors (Lipinski definition) is 4. The maximum Gasteiger partial charge on any atom is 0.522 e. The lowest BCUT2D eigenvalue weighted by Crippen LogP contribution is -2.57. The maximum absolute atomic E-state index is 11.8. The van der Waals surface area contributed by atoms with E-state index in [9.17, 15) is 13.2 Å². The fourth-order valence-corrected chi connectivity index (χ4v) is 2.00. The molecular weight excluding hydrogens is 247 g/mol. The first-order valence-electron chi connectivity index (χ1n) is 6.13. The van der Waals surface area contributed by atoms with Crippen LogP contribution in [0.4, 0.5) is 13.2 Å². The molecule has 108 valence electrons. The number of nitrogens with zero attached hydrogens (tertiary/aromatic N) is 2. The average molecular weight is 269 g/mol. The zero-order chi connectivity index (χ0) is 13.8. The van der Waals surface area contributed by atoms with Gasteiger partial charge in [-0.1, -0.05) is 0 Å². The Labute approximate surface area is 106 Å². The second-order valence-corrected chi connectivity index (χ2v) is 5.14. The van der Waals surface area contributed by atoms with E-state index in [2.05, 4.69) is 23.5 Å². The van der Waals surface area contributed by atoms with Gasteiger partial charge in [-0.2, -0.15) is 0 Å². The number of nitrogens with two attached hydrogens (primary N) is 1. The number of ether oxygens (including phenoxy) is 1. The molecule has 0 saturated carbocycles. The number of rotatable bonds is 5. The summed E-state index contributed by atoms with van der Waals surface area (Å²) in [7, 11) is 0. The first-order valence-corrected chi connectivity index (χ1v) is 6.13. The van der Waals surface area contributed by atoms with Gasteiger partial charge < -0.3 is 5.73 Å². The van der Waals surface area contributed by atoms with Gasteiger partial charge in [-0.25, -0.2) is 0 Å². The van der Waals surface area contributed by atoms with Crippen molar-refractivity contribution >= 4 is 0 Å². The summed E-state index contributed by atoms with van der Waals surface area (Å²) in [4.78, 5) is 4.25. The van der Waals surface area contributed by atoms with Crippen molar-refractivity contribution in [3.05, 3.63) is 0 Å². The van der Waals surface area contributed by atoms with Crippen LogP contribution in [-0.2, 0) is 4.74 Å². The van der Waals surface area contributed by atoms with Crippen LogP contribution in [-0.4, -0.2) is 67.6 Å². The molecule has 0 radical (unpaired) electrons. The molecule has 1 rings (SSSR count). The summed E-state index contributed by atoms with van der Waals surface area (Å²) in [5.41, 5.74) is 5.65. The van der Waals surface area contributed by atoms with Gasteiger partial charge in [0.2, 0.25) is 0 Å². The molecule has 0 bridgehead atoms. The second kappa shape index (κ2) is 6.18. The van der Waals surface area contributed by atoms with E-state index in [1.54, 1.807) is 0 Å². The van der Waals surface area contributed by atoms with Crippen molar-refractivity contribution in [2.45, 2.75) is 25.7 Å². The van der Waals surface area contributed by atoms with Gasteiger partial charge in [-0.05, 0) is 13.8 Å². The smallest absolute Gasteiger partial charge is 0.329 e. The summed E-state index contributed by atoms with van der Waals surface area (Å²) < 4.78 is 39.2. The quantitative estimate of drug-likeness (QED) is 0.804. The van der Waals surface area contributed by atoms with Crippen molar-refractivity contribution in [3.63, 3.8) is 0 Å². The van der Waals surface area contributed by atoms with Gasteiger partial charge in [0.15, 0.2) is 0 Å². The van der Waals surface area contributed by atoms with Crippen LogP contribution in [0, 0.1) is 0 Å². The molecule has 7 heteroatoms. The molecule has 0 aromatic carbocycles. The van der Waals surface area contributed by atoms with Crippen molar-refractivity contribution in [3.8, 4) is 0 Å². The highest BCUT2D eigenvalue weighted by Crippen LogP contribution is 2.17. The van der Waals surface area contributed by atoms with Crippen LogP contribution in [0.3, 0.4) is 0 Å². The van der Waals surface area contributed by atoms with Crippen LogP contribution in [0.2, 0.25) is 0 Å². The predicted molar refractivity (Wildman–Crippen MR) is 63.2 cm³/mol. The summed E-state index contributed by atoms with van der Waals surface area (Å²) in [6.45, 7) is 7.91. The van der Waals surface area contributed by atoms with E-state index in [0.29, 0.717) is 13.1 Å². The molecule has 2 N–H and O–H groups in total. The van der Waals surface area contributed by atoms with Crippen LogP contribution in [0.1, 0.15) is 13.8 Å². The zero-order valence-corrected chi connectivity index (χ0v) is 11.0. The third-order valence-electron chi connectivity index (χ3n) is 3.40. The molecule has 0 unspecified atom stereocenters. The molecule has 1 aliphatic heterocycles. The number of piperazine rings is 1. The minimum Gasteiger partial charge on any atom is -0.329 e. The van der Waals surface area contributed by atoms with Gasteiger partial charge in [-0.3, -0.25) is 14.5 Å². The Kier molecular flexibility index (Phi) is 5.39. The topological polar surface area (TPSA) is 41.7 Å². The van der Waals surface area contributed by atoms with Gasteiger partial charge >= 0.3 is 6.36 Å². The van der Waals surface area contributed by atoms with E-state index < -0.39 is 6.36 Å². The Morgan fingerprint density at radius 2 is 1.67 bits per heavy atom. The Bertz CT molecular complexity index is 250. The van der Waals surface area contributed by atoms with Crippen LogP contribution in [0.25, 0.3) is 0 Å². The third kappa shape index (κ3) is 5.09. The molecule has 1 fully saturated rings. The Morgan fingerprint density at radius 3 is 2.11 bits per heavy atom. The fraction of sp³-hybridized carbons (Fsp3) is 1.00. The van der Waals surface area contributed by atoms with E-state index in [0.717, 1.165) is 26.2 Å². The molecule has 0 spiro atoms.